The van der Waals surface area contributed by atoms with E-state index in [-0.39, 0.29) is 11.6 Å². The van der Waals surface area contributed by atoms with Crippen molar-refractivity contribution in [1.29, 1.82) is 0 Å². The Morgan fingerprint density at radius 1 is 1.41 bits per heavy atom. The number of aromatic nitrogens is 1. The maximum Gasteiger partial charge on any atom is 0.355 e. The quantitative estimate of drug-likeness (QED) is 0.807. The number of thiazole rings is 1. The predicted octanol–water partition coefficient (Wildman–Crippen LogP) is 3.11. The summed E-state index contributed by atoms with van der Waals surface area (Å²) in [5.74, 6) is 0.219. The summed E-state index contributed by atoms with van der Waals surface area (Å²) in [5, 5.41) is 14.0. The fourth-order valence-electron chi connectivity index (χ4n) is 3.07. The largest absolute Gasteiger partial charge is 0.476 e. The van der Waals surface area contributed by atoms with Gasteiger partial charge in [-0.25, -0.2) is 9.78 Å². The molecule has 1 heterocycles. The van der Waals surface area contributed by atoms with Crippen molar-refractivity contribution < 1.29 is 14.7 Å². The van der Waals surface area contributed by atoms with E-state index in [1.807, 2.05) is 0 Å². The first-order valence-corrected chi connectivity index (χ1v) is 8.88. The van der Waals surface area contributed by atoms with E-state index in [1.54, 1.807) is 0 Å². The highest BCUT2D eigenvalue weighted by Crippen LogP contribution is 2.31. The van der Waals surface area contributed by atoms with Crippen molar-refractivity contribution in [2.75, 3.05) is 6.54 Å². The minimum absolute atomic E-state index is 0.0808. The number of carboxylic acid groups (broad SMARTS) is 1. The van der Waals surface area contributed by atoms with E-state index in [4.69, 9.17) is 5.11 Å². The van der Waals surface area contributed by atoms with Gasteiger partial charge in [-0.2, -0.15) is 0 Å². The van der Waals surface area contributed by atoms with E-state index < -0.39 is 5.97 Å². The lowest BCUT2D eigenvalue weighted by molar-refractivity contribution is -0.122. The Balaban J connectivity index is 1.67. The summed E-state index contributed by atoms with van der Waals surface area (Å²) in [6.07, 6.45) is 7.61. The Morgan fingerprint density at radius 3 is 2.77 bits per heavy atom. The summed E-state index contributed by atoms with van der Waals surface area (Å²) >= 11 is 1.32. The molecule has 2 rings (SSSR count). The van der Waals surface area contributed by atoms with Crippen LogP contribution in [0.2, 0.25) is 0 Å². The molecule has 1 aromatic heterocycles. The van der Waals surface area contributed by atoms with Crippen LogP contribution in [0.15, 0.2) is 5.38 Å². The zero-order valence-electron chi connectivity index (χ0n) is 13.0. The molecule has 1 aliphatic carbocycles. The molecule has 122 valence electrons. The summed E-state index contributed by atoms with van der Waals surface area (Å²) in [7, 11) is 0. The summed E-state index contributed by atoms with van der Waals surface area (Å²) in [6.45, 7) is 2.69. The molecule has 1 amide bonds. The fraction of sp³-hybridized carbons (Fsp3) is 0.688. The topological polar surface area (TPSA) is 79.3 Å². The molecular weight excluding hydrogens is 300 g/mol. The Kier molecular flexibility index (Phi) is 6.36. The Bertz CT molecular complexity index is 509. The Morgan fingerprint density at radius 2 is 2.14 bits per heavy atom. The van der Waals surface area contributed by atoms with Crippen LogP contribution >= 0.6 is 11.3 Å². The van der Waals surface area contributed by atoms with Crippen LogP contribution in [0.3, 0.4) is 0 Å². The first kappa shape index (κ1) is 16.9. The molecule has 0 aliphatic heterocycles. The van der Waals surface area contributed by atoms with Crippen LogP contribution in [-0.2, 0) is 11.2 Å². The van der Waals surface area contributed by atoms with Gasteiger partial charge in [-0.05, 0) is 11.8 Å². The third-order valence-corrected chi connectivity index (χ3v) is 5.30. The van der Waals surface area contributed by atoms with Crippen LogP contribution in [0, 0.1) is 11.8 Å². The number of carbonyl (C=O) groups excluding carboxylic acids is 1. The van der Waals surface area contributed by atoms with E-state index in [9.17, 15) is 9.59 Å². The smallest absolute Gasteiger partial charge is 0.355 e. The highest BCUT2D eigenvalue weighted by molar-refractivity contribution is 7.09. The summed E-state index contributed by atoms with van der Waals surface area (Å²) in [6, 6.07) is 0. The summed E-state index contributed by atoms with van der Waals surface area (Å²) in [5.41, 5.74) is 0.0808. The molecular formula is C16H24N2O3S. The molecule has 6 heteroatoms. The number of hydrogen-bond acceptors (Lipinski definition) is 4. The number of carboxylic acids is 1. The maximum atomic E-state index is 12.0. The predicted molar refractivity (Wildman–Crippen MR) is 86.1 cm³/mol. The number of rotatable bonds is 7. The zero-order valence-corrected chi connectivity index (χ0v) is 13.8. The van der Waals surface area contributed by atoms with Crippen LogP contribution in [0.5, 0.6) is 0 Å². The van der Waals surface area contributed by atoms with Crippen molar-refractivity contribution >= 4 is 23.2 Å². The second-order valence-corrected chi connectivity index (χ2v) is 7.05. The van der Waals surface area contributed by atoms with Gasteiger partial charge in [0.25, 0.3) is 0 Å². The molecule has 1 atom stereocenters. The summed E-state index contributed by atoms with van der Waals surface area (Å²) < 4.78 is 0. The number of hydrogen-bond donors (Lipinski definition) is 2. The number of nitrogens with one attached hydrogen (secondary N) is 1. The molecule has 2 N–H and O–H groups in total. The van der Waals surface area contributed by atoms with Gasteiger partial charge in [0.2, 0.25) is 5.91 Å². The van der Waals surface area contributed by atoms with Crippen molar-refractivity contribution in [1.82, 2.24) is 10.3 Å². The van der Waals surface area contributed by atoms with E-state index >= 15 is 0 Å². The molecule has 0 aromatic carbocycles. The van der Waals surface area contributed by atoms with E-state index in [0.29, 0.717) is 31.2 Å². The third kappa shape index (κ3) is 5.09. The van der Waals surface area contributed by atoms with Gasteiger partial charge in [0, 0.05) is 24.8 Å². The van der Waals surface area contributed by atoms with Gasteiger partial charge >= 0.3 is 5.97 Å². The number of nitrogens with zero attached hydrogens (tertiary/aromatic N) is 1. The minimum atomic E-state index is -1.01. The molecule has 1 saturated carbocycles. The first-order chi connectivity index (χ1) is 10.6. The van der Waals surface area contributed by atoms with Crippen LogP contribution < -0.4 is 5.32 Å². The second-order valence-electron chi connectivity index (χ2n) is 6.11. The van der Waals surface area contributed by atoms with Crippen LogP contribution in [0.1, 0.15) is 60.9 Å². The SMILES string of the molecule is CC(CC(=O)NCCc1nc(C(=O)O)cs1)C1CCCCC1. The van der Waals surface area contributed by atoms with Gasteiger partial charge in [-0.3, -0.25) is 4.79 Å². The van der Waals surface area contributed by atoms with Crippen molar-refractivity contribution in [3.63, 3.8) is 0 Å². The number of carbonyl (C=O) groups is 2. The molecule has 1 unspecified atom stereocenters. The van der Waals surface area contributed by atoms with Crippen LogP contribution in [0.25, 0.3) is 0 Å². The number of aromatic carboxylic acids is 1. The third-order valence-electron chi connectivity index (χ3n) is 4.39. The van der Waals surface area contributed by atoms with Crippen molar-refractivity contribution in [3.05, 3.63) is 16.1 Å². The first-order valence-electron chi connectivity index (χ1n) is 8.00. The normalized spacial score (nSPS) is 17.1. The van der Waals surface area contributed by atoms with E-state index in [0.717, 1.165) is 5.01 Å². The monoisotopic (exact) mass is 324 g/mol. The zero-order chi connectivity index (χ0) is 15.9. The Hall–Kier alpha value is -1.43. The second kappa shape index (κ2) is 8.27. The lowest BCUT2D eigenvalue weighted by atomic mass is 9.79. The summed E-state index contributed by atoms with van der Waals surface area (Å²) in [4.78, 5) is 26.7. The molecule has 0 spiro atoms. The Labute approximate surface area is 135 Å². The number of amides is 1. The van der Waals surface area contributed by atoms with Gasteiger partial charge in [0.05, 0.1) is 5.01 Å². The average molecular weight is 324 g/mol. The standard InChI is InChI=1S/C16H24N2O3S/c1-11(12-5-3-2-4-6-12)9-14(19)17-8-7-15-18-13(10-22-15)16(20)21/h10-12H,2-9H2,1H3,(H,17,19)(H,20,21). The van der Waals surface area contributed by atoms with E-state index in [1.165, 1.54) is 48.8 Å². The van der Waals surface area contributed by atoms with Crippen molar-refractivity contribution in [3.8, 4) is 0 Å². The van der Waals surface area contributed by atoms with Crippen LogP contribution in [0.4, 0.5) is 0 Å². The molecule has 22 heavy (non-hydrogen) atoms. The van der Waals surface area contributed by atoms with Gasteiger partial charge in [0.1, 0.15) is 0 Å². The molecule has 1 fully saturated rings. The maximum absolute atomic E-state index is 12.0. The van der Waals surface area contributed by atoms with Crippen molar-refractivity contribution in [2.45, 2.75) is 51.9 Å². The molecule has 1 aliphatic rings. The highest BCUT2D eigenvalue weighted by Gasteiger charge is 2.22. The molecule has 1 aromatic rings. The fourth-order valence-corrected chi connectivity index (χ4v) is 3.84. The van der Waals surface area contributed by atoms with Gasteiger partial charge < -0.3 is 10.4 Å². The van der Waals surface area contributed by atoms with Gasteiger partial charge in [0.15, 0.2) is 5.69 Å². The minimum Gasteiger partial charge on any atom is -0.476 e. The molecule has 0 saturated heterocycles. The van der Waals surface area contributed by atoms with Crippen LogP contribution in [-0.4, -0.2) is 28.5 Å². The average Bonchev–Trinajstić information content (AvgIpc) is 2.97. The highest BCUT2D eigenvalue weighted by atomic mass is 32.1. The lowest BCUT2D eigenvalue weighted by Gasteiger charge is -2.27. The molecule has 5 nitrogen and oxygen atoms in total. The van der Waals surface area contributed by atoms with Crippen molar-refractivity contribution in [2.24, 2.45) is 11.8 Å². The van der Waals surface area contributed by atoms with Gasteiger partial charge in [-0.1, -0.05) is 39.0 Å². The van der Waals surface area contributed by atoms with E-state index in [2.05, 4.69) is 17.2 Å². The molecule has 0 bridgehead atoms. The lowest BCUT2D eigenvalue weighted by Crippen LogP contribution is -2.29. The molecule has 0 radical (unpaired) electrons. The van der Waals surface area contributed by atoms with Gasteiger partial charge in [-0.15, -0.1) is 11.3 Å².